The van der Waals surface area contributed by atoms with Crippen molar-refractivity contribution in [2.24, 2.45) is 5.73 Å². The molecular formula is C18H38NO6P. The number of esters is 1. The molecule has 0 radical (unpaired) electrons. The Kier molecular flexibility index (Phi) is 17.6. The summed E-state index contributed by atoms with van der Waals surface area (Å²) < 4.78 is 31.8. The monoisotopic (exact) mass is 395 g/mol. The minimum absolute atomic E-state index is 0.0961. The summed E-state index contributed by atoms with van der Waals surface area (Å²) in [5, 5.41) is 0. The number of carbonyl (C=O) groups is 1. The third-order valence-electron chi connectivity index (χ3n) is 3.88. The van der Waals surface area contributed by atoms with E-state index in [1.165, 1.54) is 52.1 Å². The SMILES string of the molecule is CCCCCCCCCCCC(=O)OCCCOP(=O)(OC)OCCN. The molecule has 0 aliphatic carbocycles. The van der Waals surface area contributed by atoms with Crippen LogP contribution in [0.25, 0.3) is 0 Å². The van der Waals surface area contributed by atoms with Gasteiger partial charge in [0.1, 0.15) is 0 Å². The van der Waals surface area contributed by atoms with Crippen molar-refractivity contribution in [1.82, 2.24) is 0 Å². The van der Waals surface area contributed by atoms with Crippen LogP contribution in [0.5, 0.6) is 0 Å². The van der Waals surface area contributed by atoms with Gasteiger partial charge in [0.25, 0.3) is 0 Å². The van der Waals surface area contributed by atoms with Crippen molar-refractivity contribution >= 4 is 13.8 Å². The summed E-state index contributed by atoms with van der Waals surface area (Å²) in [6, 6.07) is 0. The van der Waals surface area contributed by atoms with E-state index < -0.39 is 7.82 Å². The van der Waals surface area contributed by atoms with Crippen molar-refractivity contribution in [3.05, 3.63) is 0 Å². The van der Waals surface area contributed by atoms with Gasteiger partial charge in [-0.05, 0) is 6.42 Å². The molecule has 0 aliphatic rings. The molecule has 156 valence electrons. The molecule has 0 aromatic heterocycles. The molecule has 0 rings (SSSR count). The molecular weight excluding hydrogens is 357 g/mol. The summed E-state index contributed by atoms with van der Waals surface area (Å²) in [4.78, 5) is 11.6. The van der Waals surface area contributed by atoms with Gasteiger partial charge in [-0.25, -0.2) is 4.57 Å². The Morgan fingerprint density at radius 3 is 2.00 bits per heavy atom. The topological polar surface area (TPSA) is 97.1 Å². The van der Waals surface area contributed by atoms with Gasteiger partial charge in [-0.3, -0.25) is 18.4 Å². The first-order valence-electron chi connectivity index (χ1n) is 9.88. The lowest BCUT2D eigenvalue weighted by Gasteiger charge is -2.15. The highest BCUT2D eigenvalue weighted by Gasteiger charge is 2.23. The van der Waals surface area contributed by atoms with E-state index in [-0.39, 0.29) is 32.3 Å². The summed E-state index contributed by atoms with van der Waals surface area (Å²) in [7, 11) is -2.29. The molecule has 1 atom stereocenters. The Hall–Kier alpha value is -0.460. The van der Waals surface area contributed by atoms with Crippen LogP contribution in [0.2, 0.25) is 0 Å². The van der Waals surface area contributed by atoms with Crippen molar-refractivity contribution in [2.75, 3.05) is 33.5 Å². The second-order valence-corrected chi connectivity index (χ2v) is 8.01. The molecule has 0 aromatic carbocycles. The first kappa shape index (κ1) is 25.5. The number of ether oxygens (including phenoxy) is 1. The van der Waals surface area contributed by atoms with E-state index in [0.29, 0.717) is 12.8 Å². The van der Waals surface area contributed by atoms with E-state index in [1.807, 2.05) is 0 Å². The van der Waals surface area contributed by atoms with E-state index in [4.69, 9.17) is 24.0 Å². The third-order valence-corrected chi connectivity index (χ3v) is 5.32. The van der Waals surface area contributed by atoms with Crippen LogP contribution in [0.3, 0.4) is 0 Å². The second-order valence-electron chi connectivity index (χ2n) is 6.24. The molecule has 0 spiro atoms. The summed E-state index contributed by atoms with van der Waals surface area (Å²) in [5.41, 5.74) is 5.28. The molecule has 8 heteroatoms. The Morgan fingerprint density at radius 2 is 1.42 bits per heavy atom. The molecule has 26 heavy (non-hydrogen) atoms. The van der Waals surface area contributed by atoms with Gasteiger partial charge in [-0.1, -0.05) is 58.3 Å². The van der Waals surface area contributed by atoms with Crippen LogP contribution < -0.4 is 5.73 Å². The number of unbranched alkanes of at least 4 members (excludes halogenated alkanes) is 8. The maximum Gasteiger partial charge on any atom is 0.474 e. The maximum atomic E-state index is 11.9. The first-order valence-corrected chi connectivity index (χ1v) is 11.3. The van der Waals surface area contributed by atoms with Gasteiger partial charge in [-0.2, -0.15) is 0 Å². The largest absolute Gasteiger partial charge is 0.474 e. The van der Waals surface area contributed by atoms with Gasteiger partial charge in [0.05, 0.1) is 19.8 Å². The maximum absolute atomic E-state index is 11.9. The number of carbonyl (C=O) groups excluding carboxylic acids is 1. The van der Waals surface area contributed by atoms with Crippen molar-refractivity contribution < 1.29 is 27.7 Å². The summed E-state index contributed by atoms with van der Waals surface area (Å²) in [5.74, 6) is -0.192. The molecule has 0 fully saturated rings. The quantitative estimate of drug-likeness (QED) is 0.194. The normalized spacial score (nSPS) is 13.5. The Labute approximate surface area is 158 Å². The fraction of sp³-hybridized carbons (Fsp3) is 0.944. The summed E-state index contributed by atoms with van der Waals surface area (Å²) in [6.07, 6.45) is 11.8. The average Bonchev–Trinajstić information content (AvgIpc) is 2.64. The van der Waals surface area contributed by atoms with Crippen molar-refractivity contribution in [3.8, 4) is 0 Å². The number of nitrogens with two attached hydrogens (primary N) is 1. The average molecular weight is 395 g/mol. The molecule has 1 unspecified atom stereocenters. The van der Waals surface area contributed by atoms with Crippen LogP contribution in [0.15, 0.2) is 0 Å². The van der Waals surface area contributed by atoms with Gasteiger partial charge in [0, 0.05) is 26.5 Å². The van der Waals surface area contributed by atoms with E-state index in [2.05, 4.69) is 6.92 Å². The molecule has 0 aromatic rings. The number of hydrogen-bond donors (Lipinski definition) is 1. The lowest BCUT2D eigenvalue weighted by atomic mass is 10.1. The standard InChI is InChI=1S/C18H38NO6P/c1-3-4-5-6-7-8-9-10-11-13-18(20)23-15-12-16-24-26(21,22-2)25-17-14-19/h3-17,19H2,1-2H3. The van der Waals surface area contributed by atoms with Crippen LogP contribution in [-0.2, 0) is 27.7 Å². The highest BCUT2D eigenvalue weighted by Crippen LogP contribution is 2.48. The Balaban J connectivity index is 3.47. The van der Waals surface area contributed by atoms with Gasteiger partial charge in [-0.15, -0.1) is 0 Å². The van der Waals surface area contributed by atoms with E-state index >= 15 is 0 Å². The summed E-state index contributed by atoms with van der Waals surface area (Å²) >= 11 is 0. The van der Waals surface area contributed by atoms with Gasteiger partial charge >= 0.3 is 13.8 Å². The van der Waals surface area contributed by atoms with Crippen molar-refractivity contribution in [2.45, 2.75) is 77.6 Å². The predicted molar refractivity (Wildman–Crippen MR) is 103 cm³/mol. The molecule has 0 amide bonds. The highest BCUT2D eigenvalue weighted by atomic mass is 31.2. The first-order chi connectivity index (χ1) is 12.6. The van der Waals surface area contributed by atoms with Gasteiger partial charge in [0.2, 0.25) is 0 Å². The van der Waals surface area contributed by atoms with Crippen molar-refractivity contribution in [1.29, 1.82) is 0 Å². The molecule has 2 N–H and O–H groups in total. The Bertz CT molecular complexity index is 381. The summed E-state index contributed by atoms with van der Waals surface area (Å²) in [6.45, 7) is 2.91. The zero-order chi connectivity index (χ0) is 19.5. The van der Waals surface area contributed by atoms with Crippen LogP contribution in [-0.4, -0.2) is 39.4 Å². The zero-order valence-corrected chi connectivity index (χ0v) is 17.5. The zero-order valence-electron chi connectivity index (χ0n) is 16.6. The lowest BCUT2D eigenvalue weighted by Crippen LogP contribution is -2.10. The van der Waals surface area contributed by atoms with E-state index in [9.17, 15) is 9.36 Å². The number of hydrogen-bond acceptors (Lipinski definition) is 7. The second kappa shape index (κ2) is 17.9. The fourth-order valence-electron chi connectivity index (χ4n) is 2.38. The minimum atomic E-state index is -3.54. The number of phosphoric acid groups is 1. The van der Waals surface area contributed by atoms with Crippen molar-refractivity contribution in [3.63, 3.8) is 0 Å². The molecule has 0 aliphatic heterocycles. The van der Waals surface area contributed by atoms with Crippen LogP contribution in [0, 0.1) is 0 Å². The highest BCUT2D eigenvalue weighted by molar-refractivity contribution is 7.48. The van der Waals surface area contributed by atoms with Crippen LogP contribution in [0.1, 0.15) is 77.6 Å². The molecule has 7 nitrogen and oxygen atoms in total. The fourth-order valence-corrected chi connectivity index (χ4v) is 3.35. The third kappa shape index (κ3) is 15.8. The molecule has 0 saturated heterocycles. The van der Waals surface area contributed by atoms with Crippen LogP contribution in [0.4, 0.5) is 0 Å². The number of rotatable bonds is 19. The van der Waals surface area contributed by atoms with Crippen LogP contribution >= 0.6 is 7.82 Å². The minimum Gasteiger partial charge on any atom is -0.466 e. The van der Waals surface area contributed by atoms with Gasteiger partial charge < -0.3 is 10.5 Å². The smallest absolute Gasteiger partial charge is 0.466 e. The van der Waals surface area contributed by atoms with Gasteiger partial charge in [0.15, 0.2) is 0 Å². The lowest BCUT2D eigenvalue weighted by molar-refractivity contribution is -0.144. The molecule has 0 bridgehead atoms. The Morgan fingerprint density at radius 1 is 0.846 bits per heavy atom. The predicted octanol–water partition coefficient (Wildman–Crippen LogP) is 4.59. The van der Waals surface area contributed by atoms with E-state index in [1.54, 1.807) is 0 Å². The molecule has 0 heterocycles. The van der Waals surface area contributed by atoms with E-state index in [0.717, 1.165) is 12.8 Å². The molecule has 0 saturated carbocycles. The number of phosphoric ester groups is 1.